The zero-order valence-electron chi connectivity index (χ0n) is 7.13. The Hall–Kier alpha value is -1.04. The van der Waals surface area contributed by atoms with Gasteiger partial charge in [-0.25, -0.2) is 0 Å². The van der Waals surface area contributed by atoms with Crippen molar-refractivity contribution in [3.8, 4) is 11.5 Å². The van der Waals surface area contributed by atoms with Crippen LogP contribution in [0.25, 0.3) is 0 Å². The minimum absolute atomic E-state index is 0.00479. The van der Waals surface area contributed by atoms with Gasteiger partial charge in [0.2, 0.25) is 0 Å². The van der Waals surface area contributed by atoms with Crippen LogP contribution in [0.3, 0.4) is 0 Å². The average molecular weight is 224 g/mol. The zero-order valence-corrected chi connectivity index (χ0v) is 8.02. The fourth-order valence-corrected chi connectivity index (χ4v) is 1.13. The van der Waals surface area contributed by atoms with Gasteiger partial charge in [-0.15, -0.1) is 25.8 Å². The molecule has 0 bridgehead atoms. The van der Waals surface area contributed by atoms with Crippen LogP contribution in [-0.4, -0.2) is 13.5 Å². The van der Waals surface area contributed by atoms with Gasteiger partial charge in [0.1, 0.15) is 0 Å². The van der Waals surface area contributed by atoms with E-state index in [1.54, 1.807) is 0 Å². The normalized spacial score (nSPS) is 11.2. The number of halogens is 3. The molecular formula is C8H7F3O2S. The van der Waals surface area contributed by atoms with E-state index in [-0.39, 0.29) is 10.6 Å². The summed E-state index contributed by atoms with van der Waals surface area (Å²) in [5.41, 5.74) is 0. The van der Waals surface area contributed by atoms with E-state index >= 15 is 0 Å². The Morgan fingerprint density at radius 3 is 2.43 bits per heavy atom. The molecule has 2 nitrogen and oxygen atoms in total. The Kier molecular flexibility index (Phi) is 3.15. The molecule has 0 spiro atoms. The number of rotatable bonds is 2. The van der Waals surface area contributed by atoms with Crippen LogP contribution in [-0.2, 0) is 0 Å². The first kappa shape index (κ1) is 11.0. The van der Waals surface area contributed by atoms with Gasteiger partial charge in [0, 0.05) is 0 Å². The summed E-state index contributed by atoms with van der Waals surface area (Å²) in [4.78, 5) is 0.0710. The Morgan fingerprint density at radius 1 is 1.29 bits per heavy atom. The Balaban J connectivity index is 3.05. The monoisotopic (exact) mass is 224 g/mol. The fraction of sp³-hybridized carbons (Fsp3) is 0.250. The molecule has 1 aromatic carbocycles. The third kappa shape index (κ3) is 2.73. The summed E-state index contributed by atoms with van der Waals surface area (Å²) in [6, 6.07) is 4.26. The van der Waals surface area contributed by atoms with E-state index in [9.17, 15) is 13.2 Å². The van der Waals surface area contributed by atoms with Crippen LogP contribution >= 0.6 is 12.6 Å². The number of hydrogen-bond acceptors (Lipinski definition) is 3. The first-order chi connectivity index (χ1) is 6.44. The molecule has 0 fully saturated rings. The van der Waals surface area contributed by atoms with E-state index in [4.69, 9.17) is 4.74 Å². The second-order valence-electron chi connectivity index (χ2n) is 2.36. The summed E-state index contributed by atoms with van der Waals surface area (Å²) in [7, 11) is 1.26. The van der Waals surface area contributed by atoms with Gasteiger partial charge in [-0.3, -0.25) is 0 Å². The van der Waals surface area contributed by atoms with Gasteiger partial charge in [0.15, 0.2) is 11.5 Å². The highest BCUT2D eigenvalue weighted by Crippen LogP contribution is 2.37. The van der Waals surface area contributed by atoms with Gasteiger partial charge >= 0.3 is 6.36 Å². The minimum atomic E-state index is -4.74. The molecular weight excluding hydrogens is 217 g/mol. The second kappa shape index (κ2) is 4.00. The SMILES string of the molecule is COc1cccc(S)c1OC(F)(F)F. The first-order valence-corrected chi connectivity index (χ1v) is 4.00. The lowest BCUT2D eigenvalue weighted by Crippen LogP contribution is -2.18. The smallest absolute Gasteiger partial charge is 0.493 e. The van der Waals surface area contributed by atoms with Crippen molar-refractivity contribution in [2.75, 3.05) is 7.11 Å². The van der Waals surface area contributed by atoms with Gasteiger partial charge in [0.05, 0.1) is 12.0 Å². The quantitative estimate of drug-likeness (QED) is 0.778. The van der Waals surface area contributed by atoms with Crippen molar-refractivity contribution in [3.63, 3.8) is 0 Å². The van der Waals surface area contributed by atoms with E-state index < -0.39 is 12.1 Å². The molecule has 0 N–H and O–H groups in total. The second-order valence-corrected chi connectivity index (χ2v) is 2.84. The highest BCUT2D eigenvalue weighted by atomic mass is 32.1. The summed E-state index contributed by atoms with van der Waals surface area (Å²) in [6.45, 7) is 0. The first-order valence-electron chi connectivity index (χ1n) is 3.56. The number of ether oxygens (including phenoxy) is 2. The number of hydrogen-bond donors (Lipinski definition) is 1. The Labute approximate surface area is 84.0 Å². The average Bonchev–Trinajstić information content (AvgIpc) is 2.06. The molecule has 14 heavy (non-hydrogen) atoms. The molecule has 0 aromatic heterocycles. The lowest BCUT2D eigenvalue weighted by Gasteiger charge is -2.13. The third-order valence-corrected chi connectivity index (χ3v) is 1.75. The molecule has 0 heterocycles. The number of methoxy groups -OCH3 is 1. The van der Waals surface area contributed by atoms with Crippen LogP contribution in [0.4, 0.5) is 13.2 Å². The van der Waals surface area contributed by atoms with Crippen molar-refractivity contribution in [2.24, 2.45) is 0 Å². The van der Waals surface area contributed by atoms with Gasteiger partial charge in [-0.05, 0) is 12.1 Å². The molecule has 0 aliphatic heterocycles. The molecule has 1 rings (SSSR count). The summed E-state index contributed by atoms with van der Waals surface area (Å²) in [5.74, 6) is -0.430. The van der Waals surface area contributed by atoms with E-state index in [1.807, 2.05) is 0 Å². The summed E-state index contributed by atoms with van der Waals surface area (Å²) in [5, 5.41) is 0. The van der Waals surface area contributed by atoms with Crippen LogP contribution in [0.1, 0.15) is 0 Å². The van der Waals surface area contributed by atoms with Gasteiger partial charge < -0.3 is 9.47 Å². The molecule has 0 saturated carbocycles. The number of para-hydroxylation sites is 1. The Bertz CT molecular complexity index is 325. The van der Waals surface area contributed by atoms with Crippen LogP contribution in [0.2, 0.25) is 0 Å². The fourth-order valence-electron chi connectivity index (χ4n) is 0.883. The predicted octanol–water partition coefficient (Wildman–Crippen LogP) is 2.88. The molecule has 78 valence electrons. The van der Waals surface area contributed by atoms with E-state index in [0.29, 0.717) is 0 Å². The Morgan fingerprint density at radius 2 is 1.93 bits per heavy atom. The number of thiol groups is 1. The molecule has 6 heteroatoms. The molecule has 0 saturated heterocycles. The third-order valence-electron chi connectivity index (χ3n) is 1.40. The minimum Gasteiger partial charge on any atom is -0.493 e. The van der Waals surface area contributed by atoms with Crippen molar-refractivity contribution in [1.29, 1.82) is 0 Å². The molecule has 0 radical (unpaired) electrons. The maximum absolute atomic E-state index is 11.9. The molecule has 0 amide bonds. The summed E-state index contributed by atoms with van der Waals surface area (Å²) in [6.07, 6.45) is -4.74. The van der Waals surface area contributed by atoms with E-state index in [1.165, 1.54) is 25.3 Å². The highest BCUT2D eigenvalue weighted by Gasteiger charge is 2.33. The van der Waals surface area contributed by atoms with Gasteiger partial charge in [-0.2, -0.15) is 0 Å². The molecule has 1 aromatic rings. The van der Waals surface area contributed by atoms with Crippen LogP contribution in [0, 0.1) is 0 Å². The maximum atomic E-state index is 11.9. The maximum Gasteiger partial charge on any atom is 0.573 e. The van der Waals surface area contributed by atoms with Crippen LogP contribution in [0.15, 0.2) is 23.1 Å². The van der Waals surface area contributed by atoms with Crippen molar-refractivity contribution < 1.29 is 22.6 Å². The topological polar surface area (TPSA) is 18.5 Å². The molecule has 0 aliphatic rings. The predicted molar refractivity (Wildman–Crippen MR) is 46.9 cm³/mol. The standard InChI is InChI=1S/C8H7F3O2S/c1-12-5-3-2-4-6(14)7(5)13-8(9,10)11/h2-4,14H,1H3. The van der Waals surface area contributed by atoms with Gasteiger partial charge in [0.25, 0.3) is 0 Å². The van der Waals surface area contributed by atoms with E-state index in [2.05, 4.69) is 17.4 Å². The van der Waals surface area contributed by atoms with Crippen molar-refractivity contribution in [3.05, 3.63) is 18.2 Å². The lowest BCUT2D eigenvalue weighted by molar-refractivity contribution is -0.276. The number of alkyl halides is 3. The number of benzene rings is 1. The molecule has 0 aliphatic carbocycles. The van der Waals surface area contributed by atoms with E-state index in [0.717, 1.165) is 0 Å². The molecule has 0 unspecified atom stereocenters. The highest BCUT2D eigenvalue weighted by molar-refractivity contribution is 7.80. The lowest BCUT2D eigenvalue weighted by atomic mass is 10.3. The summed E-state index contributed by atoms with van der Waals surface area (Å²) < 4.78 is 44.2. The van der Waals surface area contributed by atoms with Gasteiger partial charge in [-0.1, -0.05) is 6.07 Å². The summed E-state index contributed by atoms with van der Waals surface area (Å²) >= 11 is 3.83. The van der Waals surface area contributed by atoms with Crippen LogP contribution in [0.5, 0.6) is 11.5 Å². The van der Waals surface area contributed by atoms with Crippen molar-refractivity contribution in [2.45, 2.75) is 11.3 Å². The largest absolute Gasteiger partial charge is 0.573 e. The zero-order chi connectivity index (χ0) is 10.8. The van der Waals surface area contributed by atoms with Crippen molar-refractivity contribution in [1.82, 2.24) is 0 Å². The van der Waals surface area contributed by atoms with Crippen molar-refractivity contribution >= 4 is 12.6 Å². The van der Waals surface area contributed by atoms with Crippen LogP contribution < -0.4 is 9.47 Å². The molecule has 0 atom stereocenters.